The van der Waals surface area contributed by atoms with Crippen LogP contribution in [0.25, 0.3) is 0 Å². The van der Waals surface area contributed by atoms with Crippen molar-refractivity contribution in [2.45, 2.75) is 32.6 Å². The quantitative estimate of drug-likeness (QED) is 0.363. The van der Waals surface area contributed by atoms with Crippen LogP contribution < -0.4 is 5.32 Å². The number of nitrogens with zero attached hydrogens (tertiary/aromatic N) is 1. The zero-order valence-corrected chi connectivity index (χ0v) is 18.6. The van der Waals surface area contributed by atoms with Crippen LogP contribution in [0.3, 0.4) is 0 Å². The molecule has 0 bridgehead atoms. The number of ether oxygens (including phenoxy) is 5. The lowest BCUT2D eigenvalue weighted by molar-refractivity contribution is -0.0122. The fourth-order valence-electron chi connectivity index (χ4n) is 4.18. The predicted molar refractivity (Wildman–Crippen MR) is 115 cm³/mol. The van der Waals surface area contributed by atoms with Crippen LogP contribution in [0.5, 0.6) is 0 Å². The molecule has 2 fully saturated rings. The Morgan fingerprint density at radius 3 is 1.59 bits per heavy atom. The van der Waals surface area contributed by atoms with Gasteiger partial charge in [-0.05, 0) is 70.6 Å². The molecule has 0 radical (unpaired) electrons. The van der Waals surface area contributed by atoms with E-state index in [-0.39, 0.29) is 0 Å². The van der Waals surface area contributed by atoms with E-state index in [9.17, 15) is 0 Å². The second-order valence-corrected chi connectivity index (χ2v) is 7.91. The molecule has 7 nitrogen and oxygen atoms in total. The summed E-state index contributed by atoms with van der Waals surface area (Å²) in [5, 5.41) is 3.48. The van der Waals surface area contributed by atoms with E-state index in [1.54, 1.807) is 0 Å². The molecule has 1 N–H and O–H groups in total. The first kappa shape index (κ1) is 25.0. The number of hydrogen-bond acceptors (Lipinski definition) is 7. The summed E-state index contributed by atoms with van der Waals surface area (Å²) in [6.45, 7) is 14.4. The summed E-state index contributed by atoms with van der Waals surface area (Å²) in [5.74, 6) is 1.91. The molecular weight excluding hydrogens is 372 g/mol. The smallest absolute Gasteiger partial charge is 0.0701 e. The largest absolute Gasteiger partial charge is 0.379 e. The minimum atomic E-state index is 0.598. The molecule has 2 aliphatic heterocycles. The Kier molecular flexibility index (Phi) is 15.0. The van der Waals surface area contributed by atoms with Crippen molar-refractivity contribution in [3.05, 3.63) is 0 Å². The molecule has 0 saturated carbocycles. The van der Waals surface area contributed by atoms with Crippen molar-refractivity contribution in [2.75, 3.05) is 98.8 Å². The maximum Gasteiger partial charge on any atom is 0.0701 e. The Balaban J connectivity index is 1.29. The molecule has 0 aromatic heterocycles. The molecule has 0 spiro atoms. The predicted octanol–water partition coefficient (Wildman–Crippen LogP) is 1.80. The average molecular weight is 417 g/mol. The summed E-state index contributed by atoms with van der Waals surface area (Å²) < 4.78 is 27.3. The Bertz CT molecular complexity index is 361. The molecule has 172 valence electrons. The second kappa shape index (κ2) is 17.4. The third kappa shape index (κ3) is 12.2. The van der Waals surface area contributed by atoms with Gasteiger partial charge >= 0.3 is 0 Å². The molecule has 2 aliphatic rings. The Morgan fingerprint density at radius 1 is 0.621 bits per heavy atom. The van der Waals surface area contributed by atoms with E-state index >= 15 is 0 Å². The highest BCUT2D eigenvalue weighted by Gasteiger charge is 2.27. The third-order valence-corrected chi connectivity index (χ3v) is 5.93. The van der Waals surface area contributed by atoms with Crippen LogP contribution in [0, 0.1) is 11.8 Å². The Morgan fingerprint density at radius 2 is 1.07 bits per heavy atom. The van der Waals surface area contributed by atoms with Crippen LogP contribution >= 0.6 is 0 Å². The van der Waals surface area contributed by atoms with Crippen molar-refractivity contribution < 1.29 is 23.7 Å². The van der Waals surface area contributed by atoms with Gasteiger partial charge in [0.05, 0.1) is 59.5 Å². The number of piperidine rings is 2. The summed E-state index contributed by atoms with van der Waals surface area (Å²) in [4.78, 5) is 2.56. The maximum absolute atomic E-state index is 5.72. The van der Waals surface area contributed by atoms with Crippen molar-refractivity contribution in [1.82, 2.24) is 10.2 Å². The average Bonchev–Trinajstić information content (AvgIpc) is 2.77. The van der Waals surface area contributed by atoms with Crippen LogP contribution in [0.4, 0.5) is 0 Å². The summed E-state index contributed by atoms with van der Waals surface area (Å²) in [6, 6.07) is 0. The number of nitrogens with one attached hydrogen (secondary N) is 1. The molecule has 29 heavy (non-hydrogen) atoms. The summed E-state index contributed by atoms with van der Waals surface area (Å²) in [7, 11) is 0. The van der Waals surface area contributed by atoms with Gasteiger partial charge in [-0.3, -0.25) is 0 Å². The number of likely N-dealkylation sites (tertiary alicyclic amines) is 1. The van der Waals surface area contributed by atoms with Gasteiger partial charge in [-0.1, -0.05) is 0 Å². The van der Waals surface area contributed by atoms with Gasteiger partial charge in [-0.25, -0.2) is 0 Å². The van der Waals surface area contributed by atoms with Crippen molar-refractivity contribution in [2.24, 2.45) is 11.8 Å². The molecule has 0 aromatic carbocycles. The van der Waals surface area contributed by atoms with Crippen LogP contribution in [-0.4, -0.2) is 104 Å². The van der Waals surface area contributed by atoms with E-state index in [4.69, 9.17) is 23.7 Å². The van der Waals surface area contributed by atoms with Crippen molar-refractivity contribution in [3.8, 4) is 0 Å². The second-order valence-electron chi connectivity index (χ2n) is 7.91. The van der Waals surface area contributed by atoms with Gasteiger partial charge < -0.3 is 33.9 Å². The fourth-order valence-corrected chi connectivity index (χ4v) is 4.18. The van der Waals surface area contributed by atoms with E-state index < -0.39 is 0 Å². The normalized spacial score (nSPS) is 19.8. The third-order valence-electron chi connectivity index (χ3n) is 5.93. The standard InChI is InChI=1S/C22H44N2O5/c1-2-25-13-14-27-17-18-29-20-19-28-16-15-26-12-11-24-9-5-22(6-10-24)21-3-7-23-8-4-21/h21-23H,2-20H2,1H3. The molecule has 7 heteroatoms. The zero-order valence-electron chi connectivity index (χ0n) is 18.6. The monoisotopic (exact) mass is 416 g/mol. The first-order chi connectivity index (χ1) is 14.4. The van der Waals surface area contributed by atoms with Crippen molar-refractivity contribution in [3.63, 3.8) is 0 Å². The van der Waals surface area contributed by atoms with Gasteiger partial charge in [0, 0.05) is 13.2 Å². The lowest BCUT2D eigenvalue weighted by Gasteiger charge is -2.37. The molecule has 2 heterocycles. The minimum absolute atomic E-state index is 0.598. The lowest BCUT2D eigenvalue weighted by atomic mass is 9.79. The topological polar surface area (TPSA) is 61.4 Å². The van der Waals surface area contributed by atoms with Gasteiger partial charge in [-0.15, -0.1) is 0 Å². The van der Waals surface area contributed by atoms with Crippen LogP contribution in [-0.2, 0) is 23.7 Å². The molecule has 0 amide bonds. The number of rotatable bonds is 17. The SMILES string of the molecule is CCOCCOCCOCCOCCOCCN1CCC(C2CCNCC2)CC1. The highest BCUT2D eigenvalue weighted by Crippen LogP contribution is 2.30. The van der Waals surface area contributed by atoms with E-state index in [0.717, 1.165) is 31.6 Å². The molecule has 2 rings (SSSR count). The molecule has 0 aromatic rings. The first-order valence-electron chi connectivity index (χ1n) is 11.7. The highest BCUT2D eigenvalue weighted by molar-refractivity contribution is 4.81. The Labute approximate surface area is 177 Å². The fraction of sp³-hybridized carbons (Fsp3) is 1.00. The summed E-state index contributed by atoms with van der Waals surface area (Å²) in [5.41, 5.74) is 0. The lowest BCUT2D eigenvalue weighted by Crippen LogP contribution is -2.40. The molecule has 2 saturated heterocycles. The number of hydrogen-bond donors (Lipinski definition) is 1. The van der Waals surface area contributed by atoms with Gasteiger partial charge in [-0.2, -0.15) is 0 Å². The van der Waals surface area contributed by atoms with Gasteiger partial charge in [0.25, 0.3) is 0 Å². The summed E-state index contributed by atoms with van der Waals surface area (Å²) in [6.07, 6.45) is 5.48. The van der Waals surface area contributed by atoms with E-state index in [1.807, 2.05) is 6.92 Å². The van der Waals surface area contributed by atoms with Gasteiger partial charge in [0.15, 0.2) is 0 Å². The minimum Gasteiger partial charge on any atom is -0.379 e. The van der Waals surface area contributed by atoms with E-state index in [0.29, 0.717) is 52.9 Å². The molecule has 0 atom stereocenters. The maximum atomic E-state index is 5.72. The van der Waals surface area contributed by atoms with Gasteiger partial charge in [0.1, 0.15) is 0 Å². The Hall–Kier alpha value is -0.280. The first-order valence-corrected chi connectivity index (χ1v) is 11.7. The van der Waals surface area contributed by atoms with Crippen molar-refractivity contribution in [1.29, 1.82) is 0 Å². The van der Waals surface area contributed by atoms with E-state index in [2.05, 4.69) is 10.2 Å². The van der Waals surface area contributed by atoms with E-state index in [1.165, 1.54) is 51.9 Å². The summed E-state index contributed by atoms with van der Waals surface area (Å²) >= 11 is 0. The van der Waals surface area contributed by atoms with Crippen LogP contribution in [0.2, 0.25) is 0 Å². The zero-order chi connectivity index (χ0) is 20.4. The van der Waals surface area contributed by atoms with Crippen LogP contribution in [0.1, 0.15) is 32.6 Å². The molecule has 0 aliphatic carbocycles. The molecule has 0 unspecified atom stereocenters. The van der Waals surface area contributed by atoms with Gasteiger partial charge in [0.2, 0.25) is 0 Å². The highest BCUT2D eigenvalue weighted by atomic mass is 16.6. The van der Waals surface area contributed by atoms with Crippen LogP contribution in [0.15, 0.2) is 0 Å². The van der Waals surface area contributed by atoms with Crippen molar-refractivity contribution >= 4 is 0 Å². The molecular formula is C22H44N2O5.